The van der Waals surface area contributed by atoms with E-state index in [1.165, 1.54) is 23.1 Å². The molecule has 0 spiro atoms. The maximum atomic E-state index is 12.4. The molecule has 2 atom stereocenters. The number of aromatic nitrogens is 2. The van der Waals surface area contributed by atoms with Crippen LogP contribution in [0.1, 0.15) is 13.8 Å². The zero-order valence-electron chi connectivity index (χ0n) is 13.9. The first-order valence-electron chi connectivity index (χ1n) is 7.91. The lowest BCUT2D eigenvalue weighted by Crippen LogP contribution is -2.48. The number of benzene rings is 1. The Balaban J connectivity index is 1.52. The molecule has 3 rings (SSSR count). The number of rotatable bonds is 5. The Morgan fingerprint density at radius 3 is 2.88 bits per heavy atom. The molecule has 1 N–H and O–H groups in total. The van der Waals surface area contributed by atoms with Gasteiger partial charge in [-0.05, 0) is 32.0 Å². The van der Waals surface area contributed by atoms with Crippen LogP contribution in [-0.4, -0.2) is 52.1 Å². The van der Waals surface area contributed by atoms with Gasteiger partial charge in [0.2, 0.25) is 11.0 Å². The maximum Gasteiger partial charge on any atom is 0.233 e. The van der Waals surface area contributed by atoms with Crippen molar-refractivity contribution in [1.82, 2.24) is 15.1 Å². The second-order valence-corrected chi connectivity index (χ2v) is 8.49. The van der Waals surface area contributed by atoms with Gasteiger partial charge in [-0.25, -0.2) is 0 Å². The predicted molar refractivity (Wildman–Crippen MR) is 102 cm³/mol. The molecule has 1 aromatic carbocycles. The fraction of sp³-hybridized carbons (Fsp3) is 0.438. The number of anilines is 2. The Labute approximate surface area is 159 Å². The van der Waals surface area contributed by atoms with Crippen LogP contribution in [0.25, 0.3) is 0 Å². The summed E-state index contributed by atoms with van der Waals surface area (Å²) < 4.78 is 6.42. The minimum atomic E-state index is 0.0766. The number of nitrogens with zero attached hydrogens (tertiary/aromatic N) is 3. The lowest BCUT2D eigenvalue weighted by Gasteiger charge is -2.35. The summed E-state index contributed by atoms with van der Waals surface area (Å²) in [6.07, 6.45) is 0.153. The number of morpholine rings is 1. The third kappa shape index (κ3) is 5.31. The Hall–Kier alpha value is -1.35. The van der Waals surface area contributed by atoms with Crippen molar-refractivity contribution in [2.24, 2.45) is 0 Å². The zero-order valence-corrected chi connectivity index (χ0v) is 16.3. The summed E-state index contributed by atoms with van der Waals surface area (Å²) in [6, 6.07) is 7.40. The number of hydrogen-bond donors (Lipinski definition) is 1. The van der Waals surface area contributed by atoms with Gasteiger partial charge in [0.05, 0.1) is 18.0 Å². The molecule has 134 valence electrons. The van der Waals surface area contributed by atoms with Gasteiger partial charge in [0.15, 0.2) is 4.34 Å². The van der Waals surface area contributed by atoms with Crippen molar-refractivity contribution in [3.8, 4) is 0 Å². The molecule has 1 amide bonds. The van der Waals surface area contributed by atoms with Crippen LogP contribution < -0.4 is 5.32 Å². The highest BCUT2D eigenvalue weighted by Crippen LogP contribution is 2.28. The van der Waals surface area contributed by atoms with Crippen molar-refractivity contribution in [3.05, 3.63) is 29.3 Å². The van der Waals surface area contributed by atoms with Gasteiger partial charge >= 0.3 is 0 Å². The Morgan fingerprint density at radius 1 is 1.40 bits per heavy atom. The van der Waals surface area contributed by atoms with Crippen molar-refractivity contribution >= 4 is 51.4 Å². The molecule has 2 aromatic rings. The number of halogens is 1. The van der Waals surface area contributed by atoms with Gasteiger partial charge in [-0.3, -0.25) is 4.79 Å². The van der Waals surface area contributed by atoms with Crippen molar-refractivity contribution in [1.29, 1.82) is 0 Å². The standard InChI is InChI=1S/C16H19ClN4O2S2/c1-10-7-21(8-11(2)23-10)14(22)9-24-16-20-19-15(25-16)18-13-5-3-4-12(17)6-13/h3-6,10-11H,7-9H2,1-2H3,(H,18,19)/t10-,11+. The van der Waals surface area contributed by atoms with E-state index in [1.54, 1.807) is 0 Å². The molecule has 0 radical (unpaired) electrons. The Bertz CT molecular complexity index is 732. The van der Waals surface area contributed by atoms with Crippen LogP contribution in [0.3, 0.4) is 0 Å². The lowest BCUT2D eigenvalue weighted by atomic mass is 10.2. The summed E-state index contributed by atoms with van der Waals surface area (Å²) in [7, 11) is 0. The number of ether oxygens (including phenoxy) is 1. The van der Waals surface area contributed by atoms with E-state index in [2.05, 4.69) is 15.5 Å². The SMILES string of the molecule is C[C@@H]1CN(C(=O)CSc2nnc(Nc3cccc(Cl)c3)s2)C[C@H](C)O1. The predicted octanol–water partition coefficient (Wildman–Crippen LogP) is 3.66. The third-order valence-electron chi connectivity index (χ3n) is 3.57. The van der Waals surface area contributed by atoms with E-state index < -0.39 is 0 Å². The monoisotopic (exact) mass is 398 g/mol. The molecule has 0 bridgehead atoms. The molecular weight excluding hydrogens is 380 g/mol. The molecular formula is C16H19ClN4O2S2. The molecule has 1 fully saturated rings. The minimum Gasteiger partial charge on any atom is -0.372 e. The lowest BCUT2D eigenvalue weighted by molar-refractivity contribution is -0.140. The molecule has 1 aromatic heterocycles. The van der Waals surface area contributed by atoms with E-state index in [-0.39, 0.29) is 18.1 Å². The van der Waals surface area contributed by atoms with Crippen LogP contribution in [0.4, 0.5) is 10.8 Å². The van der Waals surface area contributed by atoms with Crippen LogP contribution in [0.2, 0.25) is 5.02 Å². The maximum absolute atomic E-state index is 12.4. The second-order valence-electron chi connectivity index (χ2n) is 5.85. The average molecular weight is 399 g/mol. The van der Waals surface area contributed by atoms with E-state index >= 15 is 0 Å². The van der Waals surface area contributed by atoms with Crippen LogP contribution in [0.15, 0.2) is 28.6 Å². The van der Waals surface area contributed by atoms with Crippen molar-refractivity contribution in [3.63, 3.8) is 0 Å². The third-order valence-corrected chi connectivity index (χ3v) is 5.77. The van der Waals surface area contributed by atoms with Crippen molar-refractivity contribution < 1.29 is 9.53 Å². The second kappa shape index (κ2) is 8.35. The molecule has 25 heavy (non-hydrogen) atoms. The number of hydrogen-bond acceptors (Lipinski definition) is 7. The molecule has 1 aliphatic heterocycles. The van der Waals surface area contributed by atoms with E-state index in [1.807, 2.05) is 43.0 Å². The number of nitrogens with one attached hydrogen (secondary N) is 1. The minimum absolute atomic E-state index is 0.0766. The van der Waals surface area contributed by atoms with Crippen molar-refractivity contribution in [2.45, 2.75) is 30.4 Å². The molecule has 1 aliphatic rings. The summed E-state index contributed by atoms with van der Waals surface area (Å²) in [4.78, 5) is 14.2. The Kier molecular flexibility index (Phi) is 6.16. The molecule has 1 saturated heterocycles. The van der Waals surface area contributed by atoms with Crippen LogP contribution >= 0.6 is 34.7 Å². The zero-order chi connectivity index (χ0) is 17.8. The average Bonchev–Trinajstić information content (AvgIpc) is 2.99. The van der Waals surface area contributed by atoms with E-state index in [0.29, 0.717) is 29.0 Å². The summed E-state index contributed by atoms with van der Waals surface area (Å²) >= 11 is 8.79. The van der Waals surface area contributed by atoms with Crippen LogP contribution in [-0.2, 0) is 9.53 Å². The highest BCUT2D eigenvalue weighted by atomic mass is 35.5. The first kappa shape index (κ1) is 18.4. The fourth-order valence-electron chi connectivity index (χ4n) is 2.60. The van der Waals surface area contributed by atoms with Crippen LogP contribution in [0.5, 0.6) is 0 Å². The first-order chi connectivity index (χ1) is 12.0. The van der Waals surface area contributed by atoms with Gasteiger partial charge in [0.1, 0.15) is 0 Å². The normalized spacial score (nSPS) is 20.5. The number of carbonyl (C=O) groups excluding carboxylic acids is 1. The van der Waals surface area contributed by atoms with Crippen molar-refractivity contribution in [2.75, 3.05) is 24.2 Å². The van der Waals surface area contributed by atoms with Gasteiger partial charge in [-0.1, -0.05) is 40.8 Å². The summed E-state index contributed by atoms with van der Waals surface area (Å²) in [5, 5.41) is 12.7. The Morgan fingerprint density at radius 2 is 2.16 bits per heavy atom. The molecule has 0 unspecified atom stereocenters. The summed E-state index contributed by atoms with van der Waals surface area (Å²) in [5.41, 5.74) is 0.854. The van der Waals surface area contributed by atoms with Gasteiger partial charge in [0.25, 0.3) is 0 Å². The van der Waals surface area contributed by atoms with Gasteiger partial charge in [-0.2, -0.15) is 0 Å². The summed E-state index contributed by atoms with van der Waals surface area (Å²) in [5.74, 6) is 0.456. The van der Waals surface area contributed by atoms with E-state index in [9.17, 15) is 4.79 Å². The van der Waals surface area contributed by atoms with E-state index in [4.69, 9.17) is 16.3 Å². The number of amides is 1. The number of thioether (sulfide) groups is 1. The number of carbonyl (C=O) groups is 1. The molecule has 0 saturated carbocycles. The largest absolute Gasteiger partial charge is 0.372 e. The van der Waals surface area contributed by atoms with Crippen LogP contribution in [0, 0.1) is 0 Å². The smallest absolute Gasteiger partial charge is 0.233 e. The topological polar surface area (TPSA) is 67.4 Å². The molecule has 9 heteroatoms. The quantitative estimate of drug-likeness (QED) is 0.775. The summed E-state index contributed by atoms with van der Waals surface area (Å²) in [6.45, 7) is 5.26. The van der Waals surface area contributed by atoms with Gasteiger partial charge < -0.3 is 15.0 Å². The molecule has 0 aliphatic carbocycles. The van der Waals surface area contributed by atoms with E-state index in [0.717, 1.165) is 10.0 Å². The first-order valence-corrected chi connectivity index (χ1v) is 10.1. The fourth-order valence-corrected chi connectivity index (χ4v) is 4.47. The highest BCUT2D eigenvalue weighted by Gasteiger charge is 2.25. The van der Waals surface area contributed by atoms with Gasteiger partial charge in [-0.15, -0.1) is 10.2 Å². The highest BCUT2D eigenvalue weighted by molar-refractivity contribution is 8.01. The van der Waals surface area contributed by atoms with Gasteiger partial charge in [0, 0.05) is 23.8 Å². The molecule has 2 heterocycles. The molecule has 6 nitrogen and oxygen atoms in total.